The van der Waals surface area contributed by atoms with Crippen LogP contribution in [0.1, 0.15) is 30.9 Å². The number of Topliss-reactive ketones (excluding diaryl/α,β-unsaturated/α-hetero) is 1. The molecule has 19 heavy (non-hydrogen) atoms. The topological polar surface area (TPSA) is 43.1 Å². The molecule has 0 radical (unpaired) electrons. The number of carbonyl (C=O) groups is 1. The van der Waals surface area contributed by atoms with Crippen LogP contribution in [0, 0.1) is 11.5 Å². The smallest absolute Gasteiger partial charge is 0.140 e. The zero-order chi connectivity index (χ0) is 14.3. The largest absolute Gasteiger partial charge is 0.398 e. The Hall–Kier alpha value is -1.53. The average molecular weight is 271 g/mol. The molecule has 1 aromatic carbocycles. The molecule has 0 bridgehead atoms. The second kappa shape index (κ2) is 4.54. The van der Waals surface area contributed by atoms with Gasteiger partial charge in [-0.05, 0) is 37.5 Å². The van der Waals surface area contributed by atoms with Crippen molar-refractivity contribution in [3.05, 3.63) is 29.3 Å². The molecule has 0 saturated heterocycles. The standard InChI is InChI=1S/C16H21NOSi/c1-12(18)16(8-9-16)14-5-6-15(17)13(11-14)7-10-19(2,3)4/h5-6,11H,8-9,17H2,1-4H3. The van der Waals surface area contributed by atoms with Gasteiger partial charge in [0.15, 0.2) is 0 Å². The number of anilines is 1. The quantitative estimate of drug-likeness (QED) is 0.510. The summed E-state index contributed by atoms with van der Waals surface area (Å²) in [5.74, 6) is 3.46. The zero-order valence-electron chi connectivity index (χ0n) is 12.1. The predicted molar refractivity (Wildman–Crippen MR) is 82.7 cm³/mol. The minimum Gasteiger partial charge on any atom is -0.398 e. The molecule has 2 rings (SSSR count). The van der Waals surface area contributed by atoms with Crippen molar-refractivity contribution in [3.8, 4) is 11.5 Å². The van der Waals surface area contributed by atoms with Gasteiger partial charge in [-0.25, -0.2) is 0 Å². The fourth-order valence-electron chi connectivity index (χ4n) is 2.19. The van der Waals surface area contributed by atoms with Gasteiger partial charge in [0.05, 0.1) is 5.41 Å². The number of hydrogen-bond acceptors (Lipinski definition) is 2. The first-order valence-corrected chi connectivity index (χ1v) is 10.2. The molecule has 0 spiro atoms. The summed E-state index contributed by atoms with van der Waals surface area (Å²) >= 11 is 0. The molecular formula is C16H21NOSi. The van der Waals surface area contributed by atoms with Crippen LogP contribution in [-0.2, 0) is 10.2 Å². The molecule has 1 saturated carbocycles. The summed E-state index contributed by atoms with van der Waals surface area (Å²) in [5.41, 5.74) is 11.7. The lowest BCUT2D eigenvalue weighted by Gasteiger charge is -2.13. The van der Waals surface area contributed by atoms with Crippen molar-refractivity contribution in [2.24, 2.45) is 0 Å². The Morgan fingerprint density at radius 1 is 1.32 bits per heavy atom. The lowest BCUT2D eigenvalue weighted by Crippen LogP contribution is -2.18. The highest BCUT2D eigenvalue weighted by atomic mass is 28.3. The minimum absolute atomic E-state index is 0.247. The molecule has 2 nitrogen and oxygen atoms in total. The van der Waals surface area contributed by atoms with Crippen LogP contribution >= 0.6 is 0 Å². The van der Waals surface area contributed by atoms with E-state index < -0.39 is 8.07 Å². The number of carbonyl (C=O) groups excluding carboxylic acids is 1. The number of nitrogen functional groups attached to an aromatic ring is 1. The Balaban J connectivity index is 2.41. The number of ketones is 1. The summed E-state index contributed by atoms with van der Waals surface area (Å²) in [4.78, 5) is 11.8. The number of nitrogens with two attached hydrogens (primary N) is 1. The highest BCUT2D eigenvalue weighted by Gasteiger charge is 2.48. The maximum atomic E-state index is 11.8. The van der Waals surface area contributed by atoms with Crippen LogP contribution in [0.25, 0.3) is 0 Å². The maximum Gasteiger partial charge on any atom is 0.140 e. The van der Waals surface area contributed by atoms with Crippen molar-refractivity contribution in [1.82, 2.24) is 0 Å². The van der Waals surface area contributed by atoms with E-state index in [1.165, 1.54) is 0 Å². The van der Waals surface area contributed by atoms with Crippen molar-refractivity contribution < 1.29 is 4.79 Å². The van der Waals surface area contributed by atoms with Crippen molar-refractivity contribution in [2.75, 3.05) is 5.73 Å². The third kappa shape index (κ3) is 2.90. The van der Waals surface area contributed by atoms with Crippen molar-refractivity contribution in [3.63, 3.8) is 0 Å². The second-order valence-corrected chi connectivity index (χ2v) is 11.2. The highest BCUT2D eigenvalue weighted by Crippen LogP contribution is 2.49. The lowest BCUT2D eigenvalue weighted by atomic mass is 9.90. The van der Waals surface area contributed by atoms with Gasteiger partial charge >= 0.3 is 0 Å². The third-order valence-corrected chi connectivity index (χ3v) is 4.48. The van der Waals surface area contributed by atoms with Gasteiger partial charge in [-0.1, -0.05) is 31.6 Å². The Labute approximate surface area is 116 Å². The van der Waals surface area contributed by atoms with Crippen molar-refractivity contribution in [1.29, 1.82) is 0 Å². The Kier molecular flexibility index (Phi) is 3.32. The number of rotatable bonds is 2. The fourth-order valence-corrected chi connectivity index (χ4v) is 2.70. The predicted octanol–water partition coefficient (Wildman–Crippen LogP) is 3.12. The molecule has 0 unspecified atom stereocenters. The van der Waals surface area contributed by atoms with Gasteiger partial charge in [0.1, 0.15) is 13.9 Å². The van der Waals surface area contributed by atoms with Crippen LogP contribution < -0.4 is 5.73 Å². The molecule has 0 amide bonds. The summed E-state index contributed by atoms with van der Waals surface area (Å²) in [7, 11) is -1.42. The molecule has 1 aromatic rings. The first kappa shape index (κ1) is 13.9. The minimum atomic E-state index is -1.42. The van der Waals surface area contributed by atoms with Crippen molar-refractivity contribution in [2.45, 2.75) is 44.8 Å². The SMILES string of the molecule is CC(=O)C1(c2ccc(N)c(C#C[Si](C)(C)C)c2)CC1. The van der Waals surface area contributed by atoms with Gasteiger partial charge in [0.2, 0.25) is 0 Å². The molecule has 0 atom stereocenters. The van der Waals surface area contributed by atoms with E-state index in [2.05, 4.69) is 31.1 Å². The third-order valence-electron chi connectivity index (χ3n) is 3.60. The van der Waals surface area contributed by atoms with E-state index in [0.29, 0.717) is 5.69 Å². The maximum absolute atomic E-state index is 11.8. The first-order valence-electron chi connectivity index (χ1n) is 6.69. The number of hydrogen-bond donors (Lipinski definition) is 1. The van der Waals surface area contributed by atoms with E-state index in [9.17, 15) is 4.79 Å². The monoisotopic (exact) mass is 271 g/mol. The molecule has 3 heteroatoms. The van der Waals surface area contributed by atoms with Crippen LogP contribution in [0.3, 0.4) is 0 Å². The van der Waals surface area contributed by atoms with Crippen LogP contribution in [0.5, 0.6) is 0 Å². The molecule has 2 N–H and O–H groups in total. The van der Waals surface area contributed by atoms with E-state index in [0.717, 1.165) is 24.0 Å². The molecule has 1 fully saturated rings. The first-order chi connectivity index (χ1) is 8.74. The number of benzene rings is 1. The molecule has 1 aliphatic rings. The van der Waals surface area contributed by atoms with Gasteiger partial charge < -0.3 is 5.73 Å². The molecule has 100 valence electrons. The normalized spacial score (nSPS) is 16.4. The highest BCUT2D eigenvalue weighted by molar-refractivity contribution is 6.83. The Morgan fingerprint density at radius 2 is 1.95 bits per heavy atom. The van der Waals surface area contributed by atoms with Gasteiger partial charge in [-0.15, -0.1) is 5.54 Å². The Morgan fingerprint density at radius 3 is 2.42 bits per heavy atom. The fraction of sp³-hybridized carbons (Fsp3) is 0.438. The van der Waals surface area contributed by atoms with E-state index >= 15 is 0 Å². The summed E-state index contributed by atoms with van der Waals surface area (Å²) in [5, 5.41) is 0. The van der Waals surface area contributed by atoms with Gasteiger partial charge in [-0.2, -0.15) is 0 Å². The van der Waals surface area contributed by atoms with Crippen LogP contribution in [0.4, 0.5) is 5.69 Å². The van der Waals surface area contributed by atoms with Crippen LogP contribution in [0.15, 0.2) is 18.2 Å². The average Bonchev–Trinajstić information content (AvgIpc) is 3.08. The molecular weight excluding hydrogens is 250 g/mol. The molecule has 0 heterocycles. The van der Waals surface area contributed by atoms with Crippen LogP contribution in [0.2, 0.25) is 19.6 Å². The van der Waals surface area contributed by atoms with E-state index in [-0.39, 0.29) is 11.2 Å². The summed E-state index contributed by atoms with van der Waals surface area (Å²) in [6, 6.07) is 5.87. The van der Waals surface area contributed by atoms with Crippen molar-refractivity contribution >= 4 is 19.5 Å². The van der Waals surface area contributed by atoms with E-state index in [4.69, 9.17) is 5.73 Å². The van der Waals surface area contributed by atoms with E-state index in [1.807, 2.05) is 18.2 Å². The summed E-state index contributed by atoms with van der Waals surface area (Å²) in [6.45, 7) is 8.30. The van der Waals surface area contributed by atoms with Crippen LogP contribution in [-0.4, -0.2) is 13.9 Å². The summed E-state index contributed by atoms with van der Waals surface area (Å²) in [6.07, 6.45) is 1.90. The van der Waals surface area contributed by atoms with Gasteiger partial charge in [0, 0.05) is 11.3 Å². The second-order valence-electron chi connectivity index (χ2n) is 6.44. The zero-order valence-corrected chi connectivity index (χ0v) is 13.1. The van der Waals surface area contributed by atoms with E-state index in [1.54, 1.807) is 6.92 Å². The Bertz CT molecular complexity index is 583. The molecule has 1 aliphatic carbocycles. The summed E-state index contributed by atoms with van der Waals surface area (Å²) < 4.78 is 0. The molecule has 0 aliphatic heterocycles. The molecule has 0 aromatic heterocycles. The lowest BCUT2D eigenvalue weighted by molar-refractivity contribution is -0.119. The van der Waals surface area contributed by atoms with Gasteiger partial charge in [-0.3, -0.25) is 4.79 Å². The van der Waals surface area contributed by atoms with Gasteiger partial charge in [0.25, 0.3) is 0 Å².